The molecule has 0 fully saturated rings. The predicted molar refractivity (Wildman–Crippen MR) is 137 cm³/mol. The third-order valence-corrected chi connectivity index (χ3v) is 11.1. The summed E-state index contributed by atoms with van der Waals surface area (Å²) in [5, 5.41) is 1.88. The number of carbonyl (C=O) groups is 3. The summed E-state index contributed by atoms with van der Waals surface area (Å²) < 4.78 is 16.7. The van der Waals surface area contributed by atoms with Gasteiger partial charge in [0.05, 0.1) is 32.0 Å². The van der Waals surface area contributed by atoms with Gasteiger partial charge in [-0.15, -0.1) is 0 Å². The number of benzene rings is 3. The van der Waals surface area contributed by atoms with Crippen LogP contribution in [0.5, 0.6) is 0 Å². The molecule has 3 aromatic carbocycles. The Hall–Kier alpha value is -3.55. The molecule has 0 saturated heterocycles. The molecule has 6 nitrogen and oxygen atoms in total. The molecule has 0 amide bonds. The molecule has 0 aliphatic heterocycles. The Bertz CT molecular complexity index is 1160. The largest absolute Gasteiger partial charge is 0.465 e. The Balaban J connectivity index is 2.22. The second kappa shape index (κ2) is 10.8. The van der Waals surface area contributed by atoms with E-state index in [4.69, 9.17) is 13.9 Å². The number of rotatable bonds is 8. The zero-order valence-corrected chi connectivity index (χ0v) is 21.7. The number of ether oxygens (including phenoxy) is 2. The molecular formula is C28H30O6Si. The first-order valence-corrected chi connectivity index (χ1v) is 13.1. The molecule has 0 aliphatic carbocycles. The summed E-state index contributed by atoms with van der Waals surface area (Å²) in [6.45, 7) is 6.47. The minimum atomic E-state index is -2.91. The molecule has 7 heteroatoms. The van der Waals surface area contributed by atoms with E-state index in [9.17, 15) is 14.4 Å². The van der Waals surface area contributed by atoms with Crippen LogP contribution in [-0.2, 0) is 20.5 Å². The number of aldehydes is 1. The van der Waals surface area contributed by atoms with E-state index in [0.717, 1.165) is 10.4 Å². The van der Waals surface area contributed by atoms with Gasteiger partial charge in [0.1, 0.15) is 0 Å². The van der Waals surface area contributed by atoms with Crippen molar-refractivity contribution in [3.63, 3.8) is 0 Å². The highest BCUT2D eigenvalue weighted by molar-refractivity contribution is 6.99. The minimum Gasteiger partial charge on any atom is -0.465 e. The lowest BCUT2D eigenvalue weighted by atomic mass is 9.99. The summed E-state index contributed by atoms with van der Waals surface area (Å²) in [7, 11) is -0.405. The van der Waals surface area contributed by atoms with Crippen LogP contribution >= 0.6 is 0 Å². The maximum Gasteiger partial charge on any atom is 0.338 e. The fourth-order valence-electron chi connectivity index (χ4n) is 4.41. The van der Waals surface area contributed by atoms with Crippen LogP contribution in [-0.4, -0.2) is 40.8 Å². The van der Waals surface area contributed by atoms with Gasteiger partial charge < -0.3 is 13.9 Å². The highest BCUT2D eigenvalue weighted by Crippen LogP contribution is 2.37. The van der Waals surface area contributed by atoms with Crippen molar-refractivity contribution in [2.24, 2.45) is 0 Å². The van der Waals surface area contributed by atoms with Gasteiger partial charge in [-0.1, -0.05) is 81.4 Å². The van der Waals surface area contributed by atoms with E-state index >= 15 is 0 Å². The van der Waals surface area contributed by atoms with E-state index in [1.54, 1.807) is 0 Å². The lowest BCUT2D eigenvalue weighted by Gasteiger charge is -2.43. The van der Waals surface area contributed by atoms with E-state index in [1.807, 2.05) is 36.4 Å². The van der Waals surface area contributed by atoms with Crippen LogP contribution < -0.4 is 10.4 Å². The summed E-state index contributed by atoms with van der Waals surface area (Å²) in [4.78, 5) is 36.6. The van der Waals surface area contributed by atoms with Crippen LogP contribution in [0.15, 0.2) is 72.8 Å². The molecule has 0 spiro atoms. The topological polar surface area (TPSA) is 78.9 Å². The molecule has 0 saturated carbocycles. The molecule has 0 N–H and O–H groups in total. The van der Waals surface area contributed by atoms with E-state index in [2.05, 4.69) is 45.0 Å². The number of esters is 2. The first kappa shape index (κ1) is 26.1. The normalized spacial score (nSPS) is 11.6. The standard InChI is InChI=1S/C28H30O6Si/c1-28(2,3)35(22-12-8-6-9-13-22,23-14-10-7-11-15-23)34-19-21-17-24(26(30)32-4)20(18-29)16-25(21)27(31)33-5/h6-18H,19H2,1-5H3. The first-order chi connectivity index (χ1) is 16.7. The third kappa shape index (κ3) is 5.11. The van der Waals surface area contributed by atoms with Crippen molar-refractivity contribution in [1.29, 1.82) is 0 Å². The number of hydrogen-bond donors (Lipinski definition) is 0. The van der Waals surface area contributed by atoms with Crippen LogP contribution in [0.25, 0.3) is 0 Å². The summed E-state index contributed by atoms with van der Waals surface area (Å²) in [5.41, 5.74) is 0.721. The zero-order valence-electron chi connectivity index (χ0n) is 20.7. The van der Waals surface area contributed by atoms with Gasteiger partial charge in [0, 0.05) is 5.56 Å². The van der Waals surface area contributed by atoms with Crippen molar-refractivity contribution in [3.8, 4) is 0 Å². The van der Waals surface area contributed by atoms with Gasteiger partial charge in [0.25, 0.3) is 8.32 Å². The highest BCUT2D eigenvalue weighted by atomic mass is 28.4. The van der Waals surface area contributed by atoms with Gasteiger partial charge in [-0.3, -0.25) is 4.79 Å². The van der Waals surface area contributed by atoms with Crippen LogP contribution in [0.2, 0.25) is 5.04 Å². The zero-order chi connectivity index (χ0) is 25.6. The maximum absolute atomic E-state index is 12.6. The van der Waals surface area contributed by atoms with Gasteiger partial charge in [0.15, 0.2) is 6.29 Å². The molecule has 3 rings (SSSR count). The predicted octanol–water partition coefficient (Wildman–Crippen LogP) is 4.15. The summed E-state index contributed by atoms with van der Waals surface area (Å²) >= 11 is 0. The van der Waals surface area contributed by atoms with Crippen LogP contribution in [0.1, 0.15) is 57.4 Å². The highest BCUT2D eigenvalue weighted by Gasteiger charge is 2.50. The fraction of sp³-hybridized carbons (Fsp3) is 0.250. The second-order valence-corrected chi connectivity index (χ2v) is 13.5. The number of methoxy groups -OCH3 is 2. The van der Waals surface area contributed by atoms with Gasteiger partial charge >= 0.3 is 11.9 Å². The molecule has 0 aliphatic rings. The Labute approximate surface area is 207 Å². The van der Waals surface area contributed by atoms with Crippen molar-refractivity contribution in [2.75, 3.05) is 14.2 Å². The molecule has 0 aromatic heterocycles. The minimum absolute atomic E-state index is 0.0286. The van der Waals surface area contributed by atoms with Gasteiger partial charge in [-0.05, 0) is 33.1 Å². The van der Waals surface area contributed by atoms with E-state index in [-0.39, 0.29) is 28.3 Å². The average molecular weight is 491 g/mol. The van der Waals surface area contributed by atoms with Crippen LogP contribution in [0.4, 0.5) is 0 Å². The molecular weight excluding hydrogens is 460 g/mol. The summed E-state index contributed by atoms with van der Waals surface area (Å²) in [6.07, 6.45) is 0.519. The van der Waals surface area contributed by atoms with E-state index in [0.29, 0.717) is 11.8 Å². The first-order valence-electron chi connectivity index (χ1n) is 11.2. The van der Waals surface area contributed by atoms with Crippen LogP contribution in [0.3, 0.4) is 0 Å². The van der Waals surface area contributed by atoms with Gasteiger partial charge in [-0.2, -0.15) is 0 Å². The molecule has 0 atom stereocenters. The van der Waals surface area contributed by atoms with Crippen molar-refractivity contribution >= 4 is 36.9 Å². The van der Waals surface area contributed by atoms with Gasteiger partial charge in [0.2, 0.25) is 0 Å². The molecule has 0 radical (unpaired) electrons. The number of carbonyl (C=O) groups excluding carboxylic acids is 3. The van der Waals surface area contributed by atoms with Gasteiger partial charge in [-0.25, -0.2) is 9.59 Å². The Kier molecular flexibility index (Phi) is 8.04. The lowest BCUT2D eigenvalue weighted by Crippen LogP contribution is -2.66. The molecule has 182 valence electrons. The molecule has 35 heavy (non-hydrogen) atoms. The molecule has 0 unspecified atom stereocenters. The SMILES string of the molecule is COC(=O)c1cc(CO[Si](c2ccccc2)(c2ccccc2)C(C)(C)C)c(C(=O)OC)cc1C=O. The summed E-state index contributed by atoms with van der Waals surface area (Å²) in [6, 6.07) is 23.0. The fourth-order valence-corrected chi connectivity index (χ4v) is 8.94. The Morgan fingerprint density at radius 3 is 1.71 bits per heavy atom. The monoisotopic (exact) mass is 490 g/mol. The number of hydrogen-bond acceptors (Lipinski definition) is 6. The third-order valence-electron chi connectivity index (χ3n) is 6.07. The second-order valence-electron chi connectivity index (χ2n) is 9.15. The van der Waals surface area contributed by atoms with E-state index < -0.39 is 20.3 Å². The van der Waals surface area contributed by atoms with E-state index in [1.165, 1.54) is 26.4 Å². The Morgan fingerprint density at radius 2 is 1.29 bits per heavy atom. The smallest absolute Gasteiger partial charge is 0.338 e. The Morgan fingerprint density at radius 1 is 0.800 bits per heavy atom. The van der Waals surface area contributed by atoms with Crippen LogP contribution in [0, 0.1) is 0 Å². The quantitative estimate of drug-likeness (QED) is 0.268. The van der Waals surface area contributed by atoms with Crippen molar-refractivity contribution in [2.45, 2.75) is 32.4 Å². The average Bonchev–Trinajstić information content (AvgIpc) is 2.88. The molecule has 3 aromatic rings. The lowest BCUT2D eigenvalue weighted by molar-refractivity contribution is 0.0583. The summed E-state index contributed by atoms with van der Waals surface area (Å²) in [5.74, 6) is -1.29. The van der Waals surface area contributed by atoms with Crippen molar-refractivity contribution < 1.29 is 28.3 Å². The molecule has 0 bridgehead atoms. The van der Waals surface area contributed by atoms with Crippen molar-refractivity contribution in [1.82, 2.24) is 0 Å². The van der Waals surface area contributed by atoms with Crippen molar-refractivity contribution in [3.05, 3.63) is 95.1 Å². The molecule has 0 heterocycles. The maximum atomic E-state index is 12.6.